The van der Waals surface area contributed by atoms with Gasteiger partial charge in [0.05, 0.1) is 21.4 Å². The maximum absolute atomic E-state index is 17.1. The molecule has 0 radical (unpaired) electrons. The van der Waals surface area contributed by atoms with Crippen LogP contribution in [0.1, 0.15) is 30.4 Å². The van der Waals surface area contributed by atoms with Crippen molar-refractivity contribution in [2.75, 3.05) is 52.1 Å². The number of hydrogen-bond acceptors (Lipinski definition) is 10. The first kappa shape index (κ1) is 36.3. The molecule has 2 aromatic heterocycles. The second kappa shape index (κ2) is 14.4. The summed E-state index contributed by atoms with van der Waals surface area (Å²) >= 11 is 0. The number of rotatable bonds is 12. The minimum Gasteiger partial charge on any atom is -0.468 e. The van der Waals surface area contributed by atoms with E-state index in [0.717, 1.165) is 25.5 Å². The summed E-state index contributed by atoms with van der Waals surface area (Å²) < 4.78 is 100. The monoisotopic (exact) mass is 749 g/mol. The van der Waals surface area contributed by atoms with Gasteiger partial charge >= 0.3 is 16.2 Å². The van der Waals surface area contributed by atoms with Crippen molar-refractivity contribution in [2.24, 2.45) is 0 Å². The summed E-state index contributed by atoms with van der Waals surface area (Å²) in [4.78, 5) is 16.9. The molecule has 10 nitrogen and oxygen atoms in total. The lowest BCUT2D eigenvalue weighted by atomic mass is 9.95. The molecule has 2 fully saturated rings. The number of ether oxygens (including phenoxy) is 3. The second-order valence-electron chi connectivity index (χ2n) is 13.3. The van der Waals surface area contributed by atoms with Gasteiger partial charge < -0.3 is 19.1 Å². The third kappa shape index (κ3) is 7.06. The molecule has 2 saturated heterocycles. The van der Waals surface area contributed by atoms with Crippen molar-refractivity contribution in [3.8, 4) is 35.4 Å². The Labute approximate surface area is 303 Å². The molecule has 2 atom stereocenters. The number of anilines is 1. The van der Waals surface area contributed by atoms with Crippen molar-refractivity contribution >= 4 is 37.7 Å². The first-order chi connectivity index (χ1) is 25.4. The van der Waals surface area contributed by atoms with Gasteiger partial charge in [0.25, 0.3) is 0 Å². The molecule has 0 N–H and O–H groups in total. The third-order valence-electron chi connectivity index (χ3n) is 9.93. The molecule has 2 aliphatic rings. The number of terminal acetylenes is 1. The van der Waals surface area contributed by atoms with Crippen molar-refractivity contribution in [3.63, 3.8) is 0 Å². The first-order valence-corrected chi connectivity index (χ1v) is 18.3. The summed E-state index contributed by atoms with van der Waals surface area (Å²) in [5.74, 6) is 1.33. The smallest absolute Gasteiger partial charge is 0.332 e. The Morgan fingerprint density at radius 2 is 1.96 bits per heavy atom. The lowest BCUT2D eigenvalue weighted by Gasteiger charge is -2.30. The number of nitrogens with zero attached hydrogens (tertiary/aromatic N) is 5. The Kier molecular flexibility index (Phi) is 9.88. The highest BCUT2D eigenvalue weighted by Gasteiger charge is 2.49. The molecule has 0 bridgehead atoms. The molecule has 0 saturated carbocycles. The highest BCUT2D eigenvalue weighted by atomic mass is 32.3. The predicted octanol–water partition coefficient (Wildman–Crippen LogP) is 6.38. The molecule has 0 aliphatic carbocycles. The summed E-state index contributed by atoms with van der Waals surface area (Å²) in [6, 6.07) is 11.2. The van der Waals surface area contributed by atoms with Gasteiger partial charge in [0, 0.05) is 50.8 Å². The fraction of sp³-hybridized carbons (Fsp3) is 0.342. The van der Waals surface area contributed by atoms with E-state index < -0.39 is 38.5 Å². The van der Waals surface area contributed by atoms with E-state index in [2.05, 4.69) is 20.8 Å². The summed E-state index contributed by atoms with van der Waals surface area (Å²) in [5.41, 5.74) is -0.331. The van der Waals surface area contributed by atoms with E-state index in [-0.39, 0.29) is 77.1 Å². The number of fused-ring (bicyclic) bond motifs is 3. The van der Waals surface area contributed by atoms with Crippen LogP contribution >= 0.6 is 0 Å². The number of aromatic nitrogens is 3. The zero-order valence-electron chi connectivity index (χ0n) is 28.9. The van der Waals surface area contributed by atoms with E-state index in [1.165, 1.54) is 43.6 Å². The lowest BCUT2D eigenvalue weighted by Crippen LogP contribution is -2.43. The average Bonchev–Trinajstić information content (AvgIpc) is 3.67. The Morgan fingerprint density at radius 1 is 1.13 bits per heavy atom. The zero-order chi connectivity index (χ0) is 37.5. The molecule has 0 amide bonds. The summed E-state index contributed by atoms with van der Waals surface area (Å²) in [5, 5.41) is 0.886. The standard InChI is InChI=1S/C38H35F4N5O5S/c1-4-28-31(40)10-9-24-16-26(52-22-50-3)17-29(32(24)28)34-33(41)35-30(19-43-37(45-35)51-21-38-12-6-13-47(38)20-25(39)18-38)36(44-34)46(2)14-11-23-7-5-8-27(15-23)53(42,48)49/h1,5,7-10,15-17,19,25H,6,11-14,18,20-22H2,2-3H3/t25-,38+/m1/s1. The van der Waals surface area contributed by atoms with Crippen molar-refractivity contribution in [2.45, 2.75) is 42.3 Å². The van der Waals surface area contributed by atoms with Crippen LogP contribution in [0.2, 0.25) is 0 Å². The molecular formula is C38H35F4N5O5S. The quantitative estimate of drug-likeness (QED) is 0.0618. The van der Waals surface area contributed by atoms with Crippen LogP contribution in [0, 0.1) is 24.0 Å². The second-order valence-corrected chi connectivity index (χ2v) is 14.7. The Morgan fingerprint density at radius 3 is 2.74 bits per heavy atom. The van der Waals surface area contributed by atoms with Gasteiger partial charge in [-0.3, -0.25) is 4.90 Å². The van der Waals surface area contributed by atoms with Crippen molar-refractivity contribution in [1.29, 1.82) is 0 Å². The van der Waals surface area contributed by atoms with Crippen LogP contribution in [0.4, 0.5) is 22.9 Å². The Hall–Kier alpha value is -5.04. The highest BCUT2D eigenvalue weighted by Crippen LogP contribution is 2.42. The number of likely N-dealkylation sites (N-methyl/N-ethyl adjacent to an activating group) is 1. The maximum atomic E-state index is 17.1. The van der Waals surface area contributed by atoms with E-state index >= 15 is 8.78 Å². The zero-order valence-corrected chi connectivity index (χ0v) is 29.7. The number of alkyl halides is 1. The molecule has 3 aromatic carbocycles. The molecule has 0 spiro atoms. The maximum Gasteiger partial charge on any atom is 0.332 e. The molecular weight excluding hydrogens is 715 g/mol. The van der Waals surface area contributed by atoms with Gasteiger partial charge in [-0.25, -0.2) is 23.1 Å². The minimum absolute atomic E-state index is 0.107. The van der Waals surface area contributed by atoms with Crippen molar-refractivity contribution in [3.05, 3.63) is 77.5 Å². The van der Waals surface area contributed by atoms with E-state index in [1.54, 1.807) is 24.1 Å². The van der Waals surface area contributed by atoms with E-state index in [1.807, 2.05) is 0 Å². The number of halogens is 4. The normalized spacial score (nSPS) is 18.7. The van der Waals surface area contributed by atoms with Crippen LogP contribution in [-0.2, 0) is 21.4 Å². The van der Waals surface area contributed by atoms with Gasteiger partial charge in [-0.05, 0) is 67.1 Å². The van der Waals surface area contributed by atoms with Crippen LogP contribution in [0.5, 0.6) is 11.8 Å². The first-order valence-electron chi connectivity index (χ1n) is 16.9. The summed E-state index contributed by atoms with van der Waals surface area (Å²) in [6.07, 6.45) is 8.43. The average molecular weight is 750 g/mol. The minimum atomic E-state index is -4.92. The molecule has 276 valence electrons. The van der Waals surface area contributed by atoms with Gasteiger partial charge in [0.15, 0.2) is 12.6 Å². The molecule has 15 heteroatoms. The molecule has 2 aliphatic heterocycles. The lowest BCUT2D eigenvalue weighted by molar-refractivity contribution is 0.0512. The van der Waals surface area contributed by atoms with Crippen molar-refractivity contribution in [1.82, 2.24) is 19.9 Å². The Bertz CT molecular complexity index is 2380. The van der Waals surface area contributed by atoms with Gasteiger partial charge in [-0.2, -0.15) is 13.4 Å². The molecule has 7 rings (SSSR count). The van der Waals surface area contributed by atoms with Crippen molar-refractivity contribution < 1.29 is 39.7 Å². The largest absolute Gasteiger partial charge is 0.468 e. The summed E-state index contributed by atoms with van der Waals surface area (Å²) in [6.45, 7) is 1.29. The topological polar surface area (TPSA) is 107 Å². The number of benzene rings is 3. The Balaban J connectivity index is 1.36. The fourth-order valence-electron chi connectivity index (χ4n) is 7.42. The molecule has 5 aromatic rings. The van der Waals surface area contributed by atoms with Crippen LogP contribution in [0.15, 0.2) is 59.6 Å². The van der Waals surface area contributed by atoms with Gasteiger partial charge in [0.2, 0.25) is 0 Å². The number of hydrogen-bond donors (Lipinski definition) is 0. The van der Waals surface area contributed by atoms with Crippen LogP contribution in [-0.4, -0.2) is 87.2 Å². The predicted molar refractivity (Wildman–Crippen MR) is 191 cm³/mol. The van der Waals surface area contributed by atoms with Gasteiger partial charge in [0.1, 0.15) is 41.4 Å². The van der Waals surface area contributed by atoms with E-state index in [0.29, 0.717) is 23.9 Å². The van der Waals surface area contributed by atoms with Crippen LogP contribution in [0.25, 0.3) is 32.9 Å². The van der Waals surface area contributed by atoms with E-state index in [4.69, 9.17) is 25.6 Å². The van der Waals surface area contributed by atoms with Gasteiger partial charge in [-0.15, -0.1) is 10.3 Å². The van der Waals surface area contributed by atoms with Crippen LogP contribution in [0.3, 0.4) is 0 Å². The van der Waals surface area contributed by atoms with Gasteiger partial charge in [-0.1, -0.05) is 24.1 Å². The SMILES string of the molecule is C#Cc1c(F)ccc2cc(OCOC)cc(-c3nc(N(C)CCc4cccc(S(=O)(=O)F)c4)c4cnc(OC[C@@]56CCCN5C[C@H](F)C6)nc4c3F)c12. The summed E-state index contributed by atoms with van der Waals surface area (Å²) in [7, 11) is -1.79. The fourth-order valence-corrected chi connectivity index (χ4v) is 7.95. The highest BCUT2D eigenvalue weighted by molar-refractivity contribution is 7.86. The number of pyridine rings is 1. The van der Waals surface area contributed by atoms with Crippen LogP contribution < -0.4 is 14.4 Å². The molecule has 53 heavy (non-hydrogen) atoms. The molecule has 4 heterocycles. The molecule has 0 unspecified atom stereocenters. The van der Waals surface area contributed by atoms with E-state index in [9.17, 15) is 16.7 Å². The number of methoxy groups -OCH3 is 1. The third-order valence-corrected chi connectivity index (χ3v) is 10.7.